The van der Waals surface area contributed by atoms with Crippen LogP contribution in [0.1, 0.15) is 33.1 Å². The molecule has 0 aliphatic heterocycles. The monoisotopic (exact) mass is 391 g/mol. The van der Waals surface area contributed by atoms with Crippen LogP contribution in [0.2, 0.25) is 0 Å². The fourth-order valence-corrected chi connectivity index (χ4v) is 2.96. The molecule has 0 aliphatic rings. The number of hydrogen-bond donors (Lipinski definition) is 3. The molecular formula is C17H33N3O5S. The molecule has 8 nitrogen and oxygen atoms in total. The van der Waals surface area contributed by atoms with Crippen LogP contribution < -0.4 is 5.32 Å². The average molecular weight is 392 g/mol. The molecule has 0 radical (unpaired) electrons. The summed E-state index contributed by atoms with van der Waals surface area (Å²) in [4.78, 5) is 38.6. The lowest BCUT2D eigenvalue weighted by atomic mass is 10.3. The first-order chi connectivity index (χ1) is 12.3. The van der Waals surface area contributed by atoms with E-state index in [1.54, 1.807) is 28.6 Å². The van der Waals surface area contributed by atoms with E-state index in [0.717, 1.165) is 0 Å². The summed E-state index contributed by atoms with van der Waals surface area (Å²) < 4.78 is 0. The third-order valence-corrected chi connectivity index (χ3v) is 4.78. The van der Waals surface area contributed by atoms with Crippen LogP contribution >= 0.6 is 11.8 Å². The number of rotatable bonds is 14. The number of likely N-dealkylation sites (N-methyl/N-ethyl adjacent to an activating group) is 1. The Hall–Kier alpha value is -1.32. The van der Waals surface area contributed by atoms with E-state index in [1.165, 1.54) is 0 Å². The molecular weight excluding hydrogens is 358 g/mol. The van der Waals surface area contributed by atoms with Crippen LogP contribution in [0.25, 0.3) is 0 Å². The van der Waals surface area contributed by atoms with Crippen molar-refractivity contribution in [3.63, 3.8) is 0 Å². The zero-order valence-corrected chi connectivity index (χ0v) is 16.9. The topological polar surface area (TPSA) is 110 Å². The summed E-state index contributed by atoms with van der Waals surface area (Å²) in [6.45, 7) is 4.89. The molecule has 3 amide bonds. The minimum atomic E-state index is -0.932. The van der Waals surface area contributed by atoms with Crippen LogP contribution in [0.15, 0.2) is 0 Å². The van der Waals surface area contributed by atoms with Crippen LogP contribution in [-0.2, 0) is 14.4 Å². The van der Waals surface area contributed by atoms with Gasteiger partial charge in [0.15, 0.2) is 0 Å². The number of aliphatic hydroxyl groups excluding tert-OH is 2. The molecule has 1 atom stereocenters. The van der Waals surface area contributed by atoms with E-state index in [0.29, 0.717) is 50.4 Å². The molecule has 0 heterocycles. The van der Waals surface area contributed by atoms with Crippen LogP contribution in [-0.4, -0.2) is 95.2 Å². The SMILES string of the molecule is CCC(=O)N(C)CCN(CCSCCC(=O)NCC(O)CO)C(=O)CC. The Kier molecular flexibility index (Phi) is 14.1. The summed E-state index contributed by atoms with van der Waals surface area (Å²) in [7, 11) is 1.74. The van der Waals surface area contributed by atoms with E-state index in [1.807, 2.05) is 13.8 Å². The van der Waals surface area contributed by atoms with Gasteiger partial charge >= 0.3 is 0 Å². The smallest absolute Gasteiger partial charge is 0.222 e. The maximum atomic E-state index is 12.0. The Morgan fingerprint density at radius 1 is 1.04 bits per heavy atom. The Balaban J connectivity index is 4.05. The van der Waals surface area contributed by atoms with E-state index in [4.69, 9.17) is 10.2 Å². The van der Waals surface area contributed by atoms with E-state index >= 15 is 0 Å². The van der Waals surface area contributed by atoms with Crippen molar-refractivity contribution < 1.29 is 24.6 Å². The number of aliphatic hydroxyl groups is 2. The third kappa shape index (κ3) is 11.3. The Morgan fingerprint density at radius 3 is 2.27 bits per heavy atom. The highest BCUT2D eigenvalue weighted by Gasteiger charge is 2.14. The van der Waals surface area contributed by atoms with Crippen molar-refractivity contribution in [2.75, 3.05) is 51.3 Å². The summed E-state index contributed by atoms with van der Waals surface area (Å²) in [6, 6.07) is 0. The standard InChI is InChI=1S/C17H33N3O5S/c1-4-16(24)19(3)7-8-20(17(25)5-2)9-11-26-10-6-15(23)18-12-14(22)13-21/h14,21-22H,4-13H2,1-3H3,(H,18,23). The van der Waals surface area contributed by atoms with Gasteiger partial charge in [0.25, 0.3) is 0 Å². The lowest BCUT2D eigenvalue weighted by molar-refractivity contribution is -0.133. The number of hydrogen-bond acceptors (Lipinski definition) is 6. The van der Waals surface area contributed by atoms with Gasteiger partial charge in [-0.1, -0.05) is 13.8 Å². The van der Waals surface area contributed by atoms with Gasteiger partial charge < -0.3 is 25.3 Å². The normalized spacial score (nSPS) is 11.7. The summed E-state index contributed by atoms with van der Waals surface area (Å²) in [5.41, 5.74) is 0. The summed E-state index contributed by atoms with van der Waals surface area (Å²) in [6.07, 6.45) is 0.257. The Bertz CT molecular complexity index is 437. The molecule has 0 aliphatic carbocycles. The largest absolute Gasteiger partial charge is 0.394 e. The van der Waals surface area contributed by atoms with Crippen molar-refractivity contribution in [3.8, 4) is 0 Å². The first-order valence-corrected chi connectivity index (χ1v) is 10.2. The van der Waals surface area contributed by atoms with Gasteiger partial charge in [0, 0.05) is 64.0 Å². The molecule has 0 fully saturated rings. The first-order valence-electron chi connectivity index (χ1n) is 9.00. The van der Waals surface area contributed by atoms with E-state index in [9.17, 15) is 14.4 Å². The molecule has 0 bridgehead atoms. The van der Waals surface area contributed by atoms with Crippen LogP contribution in [0.5, 0.6) is 0 Å². The first kappa shape index (κ1) is 24.7. The molecule has 9 heteroatoms. The second-order valence-corrected chi connectivity index (χ2v) is 7.13. The number of thioether (sulfide) groups is 1. The van der Waals surface area contributed by atoms with Crippen molar-refractivity contribution in [2.45, 2.75) is 39.2 Å². The van der Waals surface area contributed by atoms with Gasteiger partial charge in [-0.25, -0.2) is 0 Å². The van der Waals surface area contributed by atoms with Gasteiger partial charge in [0.2, 0.25) is 17.7 Å². The summed E-state index contributed by atoms with van der Waals surface area (Å²) in [5, 5.41) is 20.4. The number of carbonyl (C=O) groups excluding carboxylic acids is 3. The number of nitrogens with one attached hydrogen (secondary N) is 1. The van der Waals surface area contributed by atoms with Crippen molar-refractivity contribution in [1.29, 1.82) is 0 Å². The van der Waals surface area contributed by atoms with Gasteiger partial charge in [0.1, 0.15) is 0 Å². The predicted octanol–water partition coefficient (Wildman–Crippen LogP) is -0.314. The minimum Gasteiger partial charge on any atom is -0.394 e. The molecule has 0 aromatic heterocycles. The number of amides is 3. The van der Waals surface area contributed by atoms with Crippen LogP contribution in [0.3, 0.4) is 0 Å². The van der Waals surface area contributed by atoms with Gasteiger partial charge in [-0.2, -0.15) is 11.8 Å². The van der Waals surface area contributed by atoms with E-state index in [-0.39, 0.29) is 30.9 Å². The Labute approximate surface area is 160 Å². The third-order valence-electron chi connectivity index (χ3n) is 3.81. The molecule has 26 heavy (non-hydrogen) atoms. The van der Waals surface area contributed by atoms with Crippen molar-refractivity contribution in [3.05, 3.63) is 0 Å². The Morgan fingerprint density at radius 2 is 1.69 bits per heavy atom. The van der Waals surface area contributed by atoms with Crippen LogP contribution in [0, 0.1) is 0 Å². The van der Waals surface area contributed by atoms with Crippen molar-refractivity contribution in [1.82, 2.24) is 15.1 Å². The van der Waals surface area contributed by atoms with E-state index < -0.39 is 6.10 Å². The lowest BCUT2D eigenvalue weighted by Crippen LogP contribution is -2.40. The molecule has 1 unspecified atom stereocenters. The molecule has 3 N–H and O–H groups in total. The average Bonchev–Trinajstić information content (AvgIpc) is 2.66. The molecule has 0 saturated heterocycles. The molecule has 0 spiro atoms. The highest BCUT2D eigenvalue weighted by molar-refractivity contribution is 7.99. The lowest BCUT2D eigenvalue weighted by Gasteiger charge is -2.25. The second kappa shape index (κ2) is 14.8. The fraction of sp³-hybridized carbons (Fsp3) is 0.824. The van der Waals surface area contributed by atoms with Crippen molar-refractivity contribution >= 4 is 29.5 Å². The summed E-state index contributed by atoms with van der Waals surface area (Å²) in [5.74, 6) is 1.26. The fourth-order valence-electron chi connectivity index (χ4n) is 2.08. The molecule has 0 saturated carbocycles. The molecule has 0 aromatic carbocycles. The molecule has 0 rings (SSSR count). The van der Waals surface area contributed by atoms with E-state index in [2.05, 4.69) is 5.32 Å². The number of nitrogens with zero attached hydrogens (tertiary/aromatic N) is 2. The highest BCUT2D eigenvalue weighted by atomic mass is 32.2. The number of carbonyl (C=O) groups is 3. The highest BCUT2D eigenvalue weighted by Crippen LogP contribution is 2.05. The zero-order valence-electron chi connectivity index (χ0n) is 16.1. The quantitative estimate of drug-likeness (QED) is 0.350. The maximum Gasteiger partial charge on any atom is 0.222 e. The van der Waals surface area contributed by atoms with Gasteiger partial charge in [-0.05, 0) is 0 Å². The predicted molar refractivity (Wildman–Crippen MR) is 103 cm³/mol. The van der Waals surface area contributed by atoms with Gasteiger partial charge in [0.05, 0.1) is 12.7 Å². The maximum absolute atomic E-state index is 12.0. The molecule has 152 valence electrons. The van der Waals surface area contributed by atoms with Crippen molar-refractivity contribution in [2.24, 2.45) is 0 Å². The van der Waals surface area contributed by atoms with Crippen LogP contribution in [0.4, 0.5) is 0 Å². The molecule has 0 aromatic rings. The zero-order chi connectivity index (χ0) is 19.9. The van der Waals surface area contributed by atoms with Gasteiger partial charge in [-0.15, -0.1) is 0 Å². The minimum absolute atomic E-state index is 0.0444. The second-order valence-electron chi connectivity index (χ2n) is 5.91. The summed E-state index contributed by atoms with van der Waals surface area (Å²) >= 11 is 1.58. The van der Waals surface area contributed by atoms with Gasteiger partial charge in [-0.3, -0.25) is 14.4 Å².